The molecule has 0 saturated carbocycles. The first kappa shape index (κ1) is 7.84. The average Bonchev–Trinajstić information content (AvgIpc) is 1.86. The number of anilines is 1. The zero-order valence-electron chi connectivity index (χ0n) is 5.31. The van der Waals surface area contributed by atoms with E-state index in [9.17, 15) is 13.2 Å². The second-order valence-corrected chi connectivity index (χ2v) is 1.88. The molecule has 0 saturated heterocycles. The first-order valence-corrected chi connectivity index (χ1v) is 2.70. The summed E-state index contributed by atoms with van der Waals surface area (Å²) in [5.74, 6) is -0.156. The van der Waals surface area contributed by atoms with Crippen LogP contribution in [-0.4, -0.2) is 4.98 Å². The number of nitrogens with two attached hydrogens (primary N) is 1. The minimum atomic E-state index is -4.39. The normalized spacial score (nSPS) is 11.5. The molecule has 0 aliphatic carbocycles. The number of nitrogen functional groups attached to an aromatic ring is 1. The summed E-state index contributed by atoms with van der Waals surface area (Å²) >= 11 is 0. The molecule has 1 aromatic heterocycles. The van der Waals surface area contributed by atoms with Crippen molar-refractivity contribution in [2.24, 2.45) is 0 Å². The Morgan fingerprint density at radius 3 is 2.45 bits per heavy atom. The fourth-order valence-electron chi connectivity index (χ4n) is 0.567. The lowest BCUT2D eigenvalue weighted by atomic mass is 10.2. The predicted octanol–water partition coefficient (Wildman–Crippen LogP) is 1.48. The van der Waals surface area contributed by atoms with E-state index in [-0.39, 0.29) is 5.82 Å². The van der Waals surface area contributed by atoms with Gasteiger partial charge in [0.15, 0.2) is 0 Å². The second-order valence-electron chi connectivity index (χ2n) is 1.88. The zero-order chi connectivity index (χ0) is 8.48. The van der Waals surface area contributed by atoms with Gasteiger partial charge in [-0.25, -0.2) is 4.98 Å². The van der Waals surface area contributed by atoms with Crippen molar-refractivity contribution in [2.75, 3.05) is 5.73 Å². The molecule has 11 heavy (non-hydrogen) atoms. The fraction of sp³-hybridized carbons (Fsp3) is 0.167. The number of nitrogens with zero attached hydrogens (tertiary/aromatic N) is 1. The maximum Gasteiger partial charge on any atom is 0.417 e. The Kier molecular flexibility index (Phi) is 1.72. The topological polar surface area (TPSA) is 38.9 Å². The molecule has 0 aliphatic heterocycles. The van der Waals surface area contributed by atoms with Crippen LogP contribution in [0.4, 0.5) is 19.0 Å². The summed E-state index contributed by atoms with van der Waals surface area (Å²) in [7, 11) is 0. The van der Waals surface area contributed by atoms with Crippen molar-refractivity contribution in [1.29, 1.82) is 0 Å². The first-order valence-electron chi connectivity index (χ1n) is 2.70. The quantitative estimate of drug-likeness (QED) is 0.625. The van der Waals surface area contributed by atoms with Gasteiger partial charge < -0.3 is 5.73 Å². The standard InChI is InChI=1S/C6H4F3N2/c7-6(8,9)4-1-2-11-5(10)3-4/h2-3H,(H2,10,11). The van der Waals surface area contributed by atoms with Gasteiger partial charge in [0.05, 0.1) is 5.56 Å². The molecule has 0 atom stereocenters. The third-order valence-corrected chi connectivity index (χ3v) is 1.03. The molecular formula is C6H4F3N2. The van der Waals surface area contributed by atoms with E-state index in [0.29, 0.717) is 0 Å². The highest BCUT2D eigenvalue weighted by atomic mass is 19.4. The van der Waals surface area contributed by atoms with Crippen LogP contribution < -0.4 is 5.73 Å². The Labute approximate surface area is 60.9 Å². The highest BCUT2D eigenvalue weighted by Crippen LogP contribution is 2.28. The lowest BCUT2D eigenvalue weighted by molar-refractivity contribution is -0.137. The predicted molar refractivity (Wildman–Crippen MR) is 32.5 cm³/mol. The van der Waals surface area contributed by atoms with Crippen molar-refractivity contribution >= 4 is 5.82 Å². The van der Waals surface area contributed by atoms with Crippen molar-refractivity contribution in [1.82, 2.24) is 4.98 Å². The summed E-state index contributed by atoms with van der Waals surface area (Å²) in [6.07, 6.45) is -3.49. The van der Waals surface area contributed by atoms with Crippen LogP contribution in [0.15, 0.2) is 12.3 Å². The van der Waals surface area contributed by atoms with Gasteiger partial charge in [0.2, 0.25) is 0 Å². The molecule has 59 valence electrons. The number of pyridine rings is 1. The fourth-order valence-corrected chi connectivity index (χ4v) is 0.567. The molecule has 1 radical (unpaired) electrons. The summed E-state index contributed by atoms with van der Waals surface area (Å²) in [5, 5.41) is 0. The maximum atomic E-state index is 11.9. The first-order chi connectivity index (χ1) is 5.00. The molecule has 0 amide bonds. The summed E-state index contributed by atoms with van der Waals surface area (Å²) in [6.45, 7) is 0. The molecule has 0 spiro atoms. The lowest BCUT2D eigenvalue weighted by Gasteiger charge is -2.04. The van der Waals surface area contributed by atoms with Crippen molar-refractivity contribution in [3.63, 3.8) is 0 Å². The van der Waals surface area contributed by atoms with Crippen LogP contribution in [0.2, 0.25) is 0 Å². The molecule has 0 aliphatic rings. The zero-order valence-corrected chi connectivity index (χ0v) is 5.31. The second kappa shape index (κ2) is 2.41. The van der Waals surface area contributed by atoms with Crippen LogP contribution in [0, 0.1) is 6.07 Å². The minimum Gasteiger partial charge on any atom is -0.384 e. The summed E-state index contributed by atoms with van der Waals surface area (Å²) in [4.78, 5) is 3.38. The van der Waals surface area contributed by atoms with Crippen molar-refractivity contribution < 1.29 is 13.2 Å². The van der Waals surface area contributed by atoms with Gasteiger partial charge >= 0.3 is 6.18 Å². The van der Waals surface area contributed by atoms with E-state index in [1.54, 1.807) is 0 Å². The molecule has 0 unspecified atom stereocenters. The highest BCUT2D eigenvalue weighted by Gasteiger charge is 2.30. The summed E-state index contributed by atoms with van der Waals surface area (Å²) in [6, 6.07) is 2.67. The molecule has 2 nitrogen and oxygen atoms in total. The van der Waals surface area contributed by atoms with E-state index in [1.807, 2.05) is 6.07 Å². The van der Waals surface area contributed by atoms with Gasteiger partial charge in [-0.15, -0.1) is 0 Å². The van der Waals surface area contributed by atoms with Gasteiger partial charge in [0, 0.05) is 12.3 Å². The molecule has 0 aromatic carbocycles. The Balaban J connectivity index is 3.06. The SMILES string of the molecule is Nc1cc(C(F)(F)F)[c]cn1. The van der Waals surface area contributed by atoms with E-state index < -0.39 is 11.7 Å². The summed E-state index contributed by atoms with van der Waals surface area (Å²) < 4.78 is 35.6. The van der Waals surface area contributed by atoms with Gasteiger partial charge in [-0.05, 0) is 6.07 Å². The monoisotopic (exact) mass is 161 g/mol. The number of hydrogen-bond acceptors (Lipinski definition) is 2. The van der Waals surface area contributed by atoms with Crippen LogP contribution in [-0.2, 0) is 6.18 Å². The number of rotatable bonds is 0. The molecule has 1 heterocycles. The summed E-state index contributed by atoms with van der Waals surface area (Å²) in [5.41, 5.74) is 4.13. The van der Waals surface area contributed by atoms with Gasteiger partial charge in [-0.1, -0.05) is 0 Å². The molecule has 0 bridgehead atoms. The highest BCUT2D eigenvalue weighted by molar-refractivity contribution is 5.32. The van der Waals surface area contributed by atoms with Gasteiger partial charge in [-0.3, -0.25) is 0 Å². The van der Waals surface area contributed by atoms with Crippen LogP contribution in [0.5, 0.6) is 0 Å². The van der Waals surface area contributed by atoms with Crippen LogP contribution in [0.3, 0.4) is 0 Å². The molecule has 1 rings (SSSR count). The van der Waals surface area contributed by atoms with Gasteiger partial charge in [0.25, 0.3) is 0 Å². The van der Waals surface area contributed by atoms with Crippen molar-refractivity contribution in [2.45, 2.75) is 6.18 Å². The van der Waals surface area contributed by atoms with E-state index in [4.69, 9.17) is 5.73 Å². The van der Waals surface area contributed by atoms with Crippen molar-refractivity contribution in [3.8, 4) is 0 Å². The van der Waals surface area contributed by atoms with E-state index in [2.05, 4.69) is 4.98 Å². The Morgan fingerprint density at radius 1 is 1.45 bits per heavy atom. The Morgan fingerprint density at radius 2 is 2.09 bits per heavy atom. The Hall–Kier alpha value is -1.26. The van der Waals surface area contributed by atoms with Gasteiger partial charge in [-0.2, -0.15) is 13.2 Å². The average molecular weight is 161 g/mol. The smallest absolute Gasteiger partial charge is 0.384 e. The van der Waals surface area contributed by atoms with E-state index >= 15 is 0 Å². The van der Waals surface area contributed by atoms with Crippen molar-refractivity contribution in [3.05, 3.63) is 23.9 Å². The molecule has 5 heteroatoms. The largest absolute Gasteiger partial charge is 0.417 e. The molecule has 2 N–H and O–H groups in total. The molecule has 0 fully saturated rings. The molecule has 1 aromatic rings. The van der Waals surface area contributed by atoms with Gasteiger partial charge in [0.1, 0.15) is 5.82 Å². The van der Waals surface area contributed by atoms with E-state index in [0.717, 1.165) is 12.3 Å². The van der Waals surface area contributed by atoms with Crippen LogP contribution >= 0.6 is 0 Å². The van der Waals surface area contributed by atoms with E-state index in [1.165, 1.54) is 0 Å². The number of hydrogen-bond donors (Lipinski definition) is 1. The maximum absolute atomic E-state index is 11.9. The number of alkyl halides is 3. The Bertz CT molecular complexity index is 256. The molecular weight excluding hydrogens is 157 g/mol. The number of aromatic nitrogens is 1. The third kappa shape index (κ3) is 1.83. The van der Waals surface area contributed by atoms with Crippen LogP contribution in [0.1, 0.15) is 5.56 Å². The third-order valence-electron chi connectivity index (χ3n) is 1.03. The minimum absolute atomic E-state index is 0.156. The van der Waals surface area contributed by atoms with Crippen LogP contribution in [0.25, 0.3) is 0 Å². The number of halogens is 3. The lowest BCUT2D eigenvalue weighted by Crippen LogP contribution is -2.06.